The van der Waals surface area contributed by atoms with Crippen LogP contribution in [0.3, 0.4) is 0 Å². The zero-order chi connectivity index (χ0) is 11.4. The molecular weight excluding hydrogens is 226 g/mol. The number of benzene rings is 1. The molecule has 88 valence electrons. The molecule has 0 spiro atoms. The van der Waals surface area contributed by atoms with E-state index in [1.54, 1.807) is 6.07 Å². The van der Waals surface area contributed by atoms with Crippen LogP contribution in [0.2, 0.25) is 5.02 Å². The highest BCUT2D eigenvalue weighted by molar-refractivity contribution is 6.31. The molecule has 1 heterocycles. The highest BCUT2D eigenvalue weighted by Crippen LogP contribution is 2.22. The Morgan fingerprint density at radius 3 is 3.12 bits per heavy atom. The first-order valence-electron chi connectivity index (χ1n) is 5.37. The Morgan fingerprint density at radius 2 is 2.44 bits per heavy atom. The lowest BCUT2D eigenvalue weighted by molar-refractivity contribution is 0.0372. The minimum absolute atomic E-state index is 0.198. The first-order chi connectivity index (χ1) is 7.75. The number of morpholine rings is 1. The van der Waals surface area contributed by atoms with Gasteiger partial charge in [-0.1, -0.05) is 11.6 Å². The van der Waals surface area contributed by atoms with E-state index < -0.39 is 0 Å². The van der Waals surface area contributed by atoms with Crippen molar-refractivity contribution in [2.45, 2.75) is 6.10 Å². The van der Waals surface area contributed by atoms with Gasteiger partial charge in [-0.25, -0.2) is 0 Å². The van der Waals surface area contributed by atoms with E-state index in [9.17, 15) is 0 Å². The summed E-state index contributed by atoms with van der Waals surface area (Å²) >= 11 is 5.82. The van der Waals surface area contributed by atoms with E-state index in [2.05, 4.69) is 10.6 Å². The minimum atomic E-state index is 0.198. The fraction of sp³-hybridized carbons (Fsp3) is 0.455. The van der Waals surface area contributed by atoms with E-state index >= 15 is 0 Å². The van der Waals surface area contributed by atoms with Crippen LogP contribution in [0.15, 0.2) is 18.2 Å². The Hall–Kier alpha value is -0.970. The molecule has 0 amide bonds. The molecule has 0 aliphatic carbocycles. The van der Waals surface area contributed by atoms with Gasteiger partial charge in [-0.2, -0.15) is 0 Å². The molecule has 1 aliphatic rings. The number of rotatable bonds is 3. The molecule has 1 aromatic carbocycles. The molecule has 1 aliphatic heterocycles. The molecule has 1 fully saturated rings. The maximum absolute atomic E-state index is 5.83. The van der Waals surface area contributed by atoms with Gasteiger partial charge in [0.15, 0.2) is 0 Å². The van der Waals surface area contributed by atoms with Crippen molar-refractivity contribution in [3.05, 3.63) is 23.2 Å². The number of ether oxygens (including phenoxy) is 1. The Balaban J connectivity index is 1.88. The SMILES string of the molecule is Nc1cc(Cl)ccc1NCC1CNCCO1. The van der Waals surface area contributed by atoms with E-state index in [1.165, 1.54) is 0 Å². The standard InChI is InChI=1S/C11H16ClN3O/c12-8-1-2-11(10(13)5-8)15-7-9-6-14-3-4-16-9/h1-2,5,9,14-15H,3-4,6-7,13H2. The molecule has 16 heavy (non-hydrogen) atoms. The van der Waals surface area contributed by atoms with Crippen molar-refractivity contribution >= 4 is 23.0 Å². The van der Waals surface area contributed by atoms with Gasteiger partial charge in [0.2, 0.25) is 0 Å². The molecule has 0 radical (unpaired) electrons. The molecule has 5 heteroatoms. The van der Waals surface area contributed by atoms with Crippen LogP contribution in [-0.4, -0.2) is 32.3 Å². The van der Waals surface area contributed by atoms with Gasteiger partial charge in [-0.05, 0) is 18.2 Å². The van der Waals surface area contributed by atoms with Crippen LogP contribution in [0.25, 0.3) is 0 Å². The van der Waals surface area contributed by atoms with Gasteiger partial charge in [-0.15, -0.1) is 0 Å². The van der Waals surface area contributed by atoms with E-state index in [1.807, 2.05) is 12.1 Å². The molecule has 1 saturated heterocycles. The van der Waals surface area contributed by atoms with Crippen molar-refractivity contribution < 1.29 is 4.74 Å². The van der Waals surface area contributed by atoms with Crippen molar-refractivity contribution in [2.75, 3.05) is 37.3 Å². The molecule has 0 saturated carbocycles. The highest BCUT2D eigenvalue weighted by Gasteiger charge is 2.13. The van der Waals surface area contributed by atoms with Crippen molar-refractivity contribution in [3.8, 4) is 0 Å². The number of nitrogens with one attached hydrogen (secondary N) is 2. The van der Waals surface area contributed by atoms with Gasteiger partial charge in [0.05, 0.1) is 24.1 Å². The number of hydrogen-bond acceptors (Lipinski definition) is 4. The largest absolute Gasteiger partial charge is 0.397 e. The van der Waals surface area contributed by atoms with Crippen LogP contribution in [0.1, 0.15) is 0 Å². The number of nitrogen functional groups attached to an aromatic ring is 1. The molecule has 1 atom stereocenters. The molecule has 4 nitrogen and oxygen atoms in total. The fourth-order valence-electron chi connectivity index (χ4n) is 1.67. The molecule has 1 aromatic rings. The van der Waals surface area contributed by atoms with Crippen molar-refractivity contribution in [1.29, 1.82) is 0 Å². The molecule has 0 aromatic heterocycles. The summed E-state index contributed by atoms with van der Waals surface area (Å²) in [5, 5.41) is 7.19. The lowest BCUT2D eigenvalue weighted by Crippen LogP contribution is -2.42. The van der Waals surface area contributed by atoms with Crippen molar-refractivity contribution in [3.63, 3.8) is 0 Å². The van der Waals surface area contributed by atoms with Gasteiger partial charge in [0.25, 0.3) is 0 Å². The average Bonchev–Trinajstić information content (AvgIpc) is 2.29. The van der Waals surface area contributed by atoms with Gasteiger partial charge in [0.1, 0.15) is 0 Å². The third-order valence-electron chi connectivity index (χ3n) is 2.54. The molecular formula is C11H16ClN3O. The molecule has 4 N–H and O–H groups in total. The molecule has 1 unspecified atom stereocenters. The first-order valence-corrected chi connectivity index (χ1v) is 5.75. The average molecular weight is 242 g/mol. The fourth-order valence-corrected chi connectivity index (χ4v) is 1.85. The Labute approximate surface area is 100 Å². The minimum Gasteiger partial charge on any atom is -0.397 e. The van der Waals surface area contributed by atoms with Crippen molar-refractivity contribution in [2.24, 2.45) is 0 Å². The summed E-state index contributed by atoms with van der Waals surface area (Å²) in [7, 11) is 0. The van der Waals surface area contributed by atoms with Crippen LogP contribution < -0.4 is 16.4 Å². The van der Waals surface area contributed by atoms with E-state index in [-0.39, 0.29) is 6.10 Å². The molecule has 2 rings (SSSR count). The second-order valence-electron chi connectivity index (χ2n) is 3.81. The van der Waals surface area contributed by atoms with Crippen LogP contribution in [0.4, 0.5) is 11.4 Å². The summed E-state index contributed by atoms with van der Waals surface area (Å²) in [6.07, 6.45) is 0.198. The number of hydrogen-bond donors (Lipinski definition) is 3. The zero-order valence-electron chi connectivity index (χ0n) is 9.00. The quantitative estimate of drug-likeness (QED) is 0.699. The van der Waals surface area contributed by atoms with Gasteiger partial charge in [-0.3, -0.25) is 0 Å². The Bertz CT molecular complexity index is 353. The Kier molecular flexibility index (Phi) is 3.88. The summed E-state index contributed by atoms with van der Waals surface area (Å²) in [5.41, 5.74) is 7.40. The van der Waals surface area contributed by atoms with Crippen LogP contribution in [0, 0.1) is 0 Å². The topological polar surface area (TPSA) is 59.3 Å². The van der Waals surface area contributed by atoms with Gasteiger partial charge >= 0.3 is 0 Å². The predicted octanol–water partition coefficient (Wildman–Crippen LogP) is 1.32. The summed E-state index contributed by atoms with van der Waals surface area (Å²) < 4.78 is 5.57. The second-order valence-corrected chi connectivity index (χ2v) is 4.25. The monoisotopic (exact) mass is 241 g/mol. The third kappa shape index (κ3) is 3.01. The Morgan fingerprint density at radius 1 is 1.56 bits per heavy atom. The molecule has 0 bridgehead atoms. The smallest absolute Gasteiger partial charge is 0.0872 e. The number of anilines is 2. The van der Waals surface area contributed by atoms with Gasteiger partial charge < -0.3 is 21.1 Å². The maximum atomic E-state index is 5.83. The summed E-state index contributed by atoms with van der Waals surface area (Å²) in [4.78, 5) is 0. The summed E-state index contributed by atoms with van der Waals surface area (Å²) in [6.45, 7) is 3.32. The second kappa shape index (κ2) is 5.39. The third-order valence-corrected chi connectivity index (χ3v) is 2.77. The lowest BCUT2D eigenvalue weighted by Gasteiger charge is -2.24. The summed E-state index contributed by atoms with van der Waals surface area (Å²) in [5.74, 6) is 0. The van der Waals surface area contributed by atoms with E-state index in [4.69, 9.17) is 22.1 Å². The number of halogens is 1. The van der Waals surface area contributed by atoms with Crippen molar-refractivity contribution in [1.82, 2.24) is 5.32 Å². The summed E-state index contributed by atoms with van der Waals surface area (Å²) in [6, 6.07) is 5.44. The predicted molar refractivity (Wildman–Crippen MR) is 67.0 cm³/mol. The van der Waals surface area contributed by atoms with Crippen LogP contribution >= 0.6 is 11.6 Å². The maximum Gasteiger partial charge on any atom is 0.0872 e. The zero-order valence-corrected chi connectivity index (χ0v) is 9.76. The van der Waals surface area contributed by atoms with Gasteiger partial charge in [0, 0.05) is 24.7 Å². The van der Waals surface area contributed by atoms with E-state index in [0.29, 0.717) is 10.7 Å². The van der Waals surface area contributed by atoms with E-state index in [0.717, 1.165) is 31.9 Å². The van der Waals surface area contributed by atoms with Crippen LogP contribution in [0.5, 0.6) is 0 Å². The number of nitrogens with two attached hydrogens (primary N) is 1. The van der Waals surface area contributed by atoms with Crippen LogP contribution in [-0.2, 0) is 4.74 Å². The lowest BCUT2D eigenvalue weighted by atomic mass is 10.2. The normalized spacial score (nSPS) is 20.7. The first kappa shape index (κ1) is 11.5. The highest BCUT2D eigenvalue weighted by atomic mass is 35.5.